The molecule has 2 aromatic rings. The van der Waals surface area contributed by atoms with Crippen LogP contribution in [0.5, 0.6) is 0 Å². The molecule has 0 amide bonds. The smallest absolute Gasteiger partial charge is 0.123 e. The van der Waals surface area contributed by atoms with Crippen LogP contribution in [0.3, 0.4) is 0 Å². The van der Waals surface area contributed by atoms with Gasteiger partial charge in [0.1, 0.15) is 5.82 Å². The summed E-state index contributed by atoms with van der Waals surface area (Å²) in [7, 11) is 0. The van der Waals surface area contributed by atoms with Crippen molar-refractivity contribution in [2.24, 2.45) is 0 Å². The monoisotopic (exact) mass is 378 g/mol. The number of fused-ring (bicyclic) bond motifs is 1. The highest BCUT2D eigenvalue weighted by Gasteiger charge is 2.18. The molecule has 20 heavy (non-hydrogen) atoms. The Kier molecular flexibility index (Phi) is 3.83. The van der Waals surface area contributed by atoms with Crippen molar-refractivity contribution in [1.82, 2.24) is 0 Å². The van der Waals surface area contributed by atoms with Gasteiger partial charge in [-0.2, -0.15) is 0 Å². The van der Waals surface area contributed by atoms with Gasteiger partial charge >= 0.3 is 0 Å². The molecule has 2 aromatic carbocycles. The second-order valence-corrected chi connectivity index (χ2v) is 7.84. The predicted octanol–water partition coefficient (Wildman–Crippen LogP) is 5.38. The van der Waals surface area contributed by atoms with Crippen LogP contribution in [-0.4, -0.2) is 3.51 Å². The molecule has 2 heteroatoms. The van der Waals surface area contributed by atoms with Crippen LogP contribution in [0.15, 0.2) is 54.1 Å². The van der Waals surface area contributed by atoms with Gasteiger partial charge in [-0.15, -0.1) is 0 Å². The quantitative estimate of drug-likeness (QED) is 0.616. The molecule has 1 aliphatic heterocycles. The first-order chi connectivity index (χ1) is 9.70. The van der Waals surface area contributed by atoms with E-state index in [2.05, 4.69) is 38.1 Å². The van der Waals surface area contributed by atoms with E-state index in [0.29, 0.717) is 0 Å². The molecule has 102 valence electrons. The topological polar surface area (TPSA) is 0 Å². The van der Waals surface area contributed by atoms with Gasteiger partial charge < -0.3 is 0 Å². The van der Waals surface area contributed by atoms with Gasteiger partial charge in [-0.25, -0.2) is 4.39 Å². The molecule has 0 atom stereocenters. The average Bonchev–Trinajstić information content (AvgIpc) is 2.48. The number of rotatable bonds is 2. The highest BCUT2D eigenvalue weighted by molar-refractivity contribution is 14.2. The van der Waals surface area contributed by atoms with Gasteiger partial charge in [-0.3, -0.25) is 0 Å². The molecule has 1 aliphatic rings. The van der Waals surface area contributed by atoms with E-state index >= 15 is 0 Å². The number of hydrogen-bond acceptors (Lipinski definition) is 0. The fourth-order valence-electron chi connectivity index (χ4n) is 2.60. The molecule has 0 fully saturated rings. The lowest BCUT2D eigenvalue weighted by Crippen LogP contribution is -2.07. The van der Waals surface area contributed by atoms with E-state index in [1.54, 1.807) is 15.6 Å². The third-order valence-corrected chi connectivity index (χ3v) is 7.33. The fourth-order valence-corrected chi connectivity index (χ4v) is 5.48. The van der Waals surface area contributed by atoms with Crippen molar-refractivity contribution in [2.75, 3.05) is 0 Å². The number of hydrogen-bond donors (Lipinski definition) is 0. The summed E-state index contributed by atoms with van der Waals surface area (Å²) in [6.45, 7) is 4.45. The Balaban J connectivity index is 2.25. The normalized spacial score (nSPS) is 14.4. The van der Waals surface area contributed by atoms with Crippen molar-refractivity contribution in [2.45, 2.75) is 20.3 Å². The minimum Gasteiger partial charge on any atom is -0.207 e. The van der Waals surface area contributed by atoms with Gasteiger partial charge in [-0.05, 0) is 57.3 Å². The second kappa shape index (κ2) is 5.60. The summed E-state index contributed by atoms with van der Waals surface area (Å²) in [6.07, 6.45) is 1.11. The molecular weight excluding hydrogens is 362 g/mol. The van der Waals surface area contributed by atoms with Crippen molar-refractivity contribution in [3.05, 3.63) is 74.6 Å². The lowest BCUT2D eigenvalue weighted by molar-refractivity contribution is 0.627. The Bertz CT molecular complexity index is 708. The molecule has 0 aromatic heterocycles. The van der Waals surface area contributed by atoms with Gasteiger partial charge in [0.05, 0.1) is 0 Å². The lowest BCUT2D eigenvalue weighted by Gasteiger charge is -2.21. The van der Waals surface area contributed by atoms with Crippen molar-refractivity contribution < 1.29 is 4.39 Å². The van der Waals surface area contributed by atoms with Crippen LogP contribution in [0.2, 0.25) is 0 Å². The first kappa shape index (κ1) is 13.7. The molecule has 0 radical (unpaired) electrons. The van der Waals surface area contributed by atoms with Crippen molar-refractivity contribution in [1.29, 1.82) is 0 Å². The highest BCUT2D eigenvalue weighted by atomic mass is 127. The van der Waals surface area contributed by atoms with E-state index in [4.69, 9.17) is 0 Å². The van der Waals surface area contributed by atoms with Crippen LogP contribution < -0.4 is 0 Å². The fraction of sp³-hybridized carbons (Fsp3) is 0.167. The standard InChI is InChI=1S/C18H16FI/c1-3-16-12(2)18(13-8-10-14(19)11-9-13)15-6-4-5-7-17(15)20-16/h4-11H,3H2,1-2H3. The molecule has 0 saturated heterocycles. The number of benzene rings is 2. The maximum Gasteiger partial charge on any atom is 0.123 e. The zero-order chi connectivity index (χ0) is 14.1. The summed E-state index contributed by atoms with van der Waals surface area (Å²) in [5, 5.41) is 0. The molecule has 0 saturated carbocycles. The van der Waals surface area contributed by atoms with E-state index in [1.165, 1.54) is 20.3 Å². The van der Waals surface area contributed by atoms with Crippen LogP contribution in [0.25, 0.3) is 5.57 Å². The van der Waals surface area contributed by atoms with Crippen molar-refractivity contribution in [3.63, 3.8) is 0 Å². The number of halogens is 2. The Morgan fingerprint density at radius 1 is 1.00 bits per heavy atom. The van der Waals surface area contributed by atoms with Gasteiger partial charge in [0.25, 0.3) is 0 Å². The van der Waals surface area contributed by atoms with Crippen molar-refractivity contribution >= 4 is 29.8 Å². The van der Waals surface area contributed by atoms with E-state index < -0.39 is 0 Å². The Labute approximate surface area is 129 Å². The van der Waals surface area contributed by atoms with Gasteiger partial charge in [0.15, 0.2) is 0 Å². The van der Waals surface area contributed by atoms with Crippen LogP contribution >= 0.6 is 20.7 Å². The van der Waals surface area contributed by atoms with Crippen LogP contribution in [0, 0.1) is 9.39 Å². The maximum atomic E-state index is 13.2. The first-order valence-electron chi connectivity index (χ1n) is 6.78. The molecular formula is C18H16FI. The van der Waals surface area contributed by atoms with Crippen molar-refractivity contribution in [3.8, 4) is 0 Å². The minimum absolute atomic E-state index is 0.0520. The summed E-state index contributed by atoms with van der Waals surface area (Å²) in [5.41, 5.74) is 5.13. The Morgan fingerprint density at radius 3 is 2.40 bits per heavy atom. The Hall–Kier alpha value is -1.29. The number of allylic oxidation sites excluding steroid dienone is 1. The van der Waals surface area contributed by atoms with Gasteiger partial charge in [-0.1, -0.05) is 58.0 Å². The molecule has 0 spiro atoms. The molecule has 0 bridgehead atoms. The zero-order valence-electron chi connectivity index (χ0n) is 11.6. The van der Waals surface area contributed by atoms with Crippen LogP contribution in [-0.2, 0) is 0 Å². The summed E-state index contributed by atoms with van der Waals surface area (Å²) < 4.78 is 16.2. The molecule has 1 heterocycles. The first-order valence-corrected chi connectivity index (χ1v) is 8.93. The summed E-state index contributed by atoms with van der Waals surface area (Å²) >= 11 is -0.0520. The molecule has 0 aliphatic carbocycles. The second-order valence-electron chi connectivity index (χ2n) is 4.84. The lowest BCUT2D eigenvalue weighted by atomic mass is 9.92. The molecule has 0 nitrogen and oxygen atoms in total. The predicted molar refractivity (Wildman–Crippen MR) is 92.6 cm³/mol. The third-order valence-electron chi connectivity index (χ3n) is 3.58. The average molecular weight is 378 g/mol. The summed E-state index contributed by atoms with van der Waals surface area (Å²) in [5.74, 6) is -0.178. The van der Waals surface area contributed by atoms with Gasteiger partial charge in [0.2, 0.25) is 0 Å². The maximum absolute atomic E-state index is 13.2. The minimum atomic E-state index is -0.178. The zero-order valence-corrected chi connectivity index (χ0v) is 13.7. The summed E-state index contributed by atoms with van der Waals surface area (Å²) in [4.78, 5) is 0. The molecule has 0 N–H and O–H groups in total. The van der Waals surface area contributed by atoms with E-state index in [0.717, 1.165) is 12.0 Å². The van der Waals surface area contributed by atoms with Crippen LogP contribution in [0.4, 0.5) is 4.39 Å². The highest BCUT2D eigenvalue weighted by Crippen LogP contribution is 2.38. The molecule has 0 unspecified atom stereocenters. The van der Waals surface area contributed by atoms with Gasteiger partial charge in [0, 0.05) is 3.57 Å². The van der Waals surface area contributed by atoms with E-state index in [1.807, 2.05) is 12.1 Å². The van der Waals surface area contributed by atoms with Crippen LogP contribution in [0.1, 0.15) is 31.4 Å². The summed E-state index contributed by atoms with van der Waals surface area (Å²) in [6, 6.07) is 15.5. The van der Waals surface area contributed by atoms with E-state index in [-0.39, 0.29) is 26.5 Å². The third kappa shape index (κ3) is 2.37. The van der Waals surface area contributed by atoms with E-state index in [9.17, 15) is 4.39 Å². The SMILES string of the molecule is CCC1=Ic2ccccc2C(c2ccc(F)cc2)=C1C. The largest absolute Gasteiger partial charge is 0.207 e. The molecule has 3 rings (SSSR count). The Morgan fingerprint density at radius 2 is 1.70 bits per heavy atom.